The van der Waals surface area contributed by atoms with Crippen LogP contribution in [0.15, 0.2) is 0 Å². The van der Waals surface area contributed by atoms with Crippen LogP contribution in [0.4, 0.5) is 0 Å². The molecule has 3 atom stereocenters. The smallest absolute Gasteiger partial charge is 0.134 e. The van der Waals surface area contributed by atoms with Crippen molar-refractivity contribution in [2.45, 2.75) is 132 Å². The number of hydrogen-bond acceptors (Lipinski definition) is 3. The zero-order valence-corrected chi connectivity index (χ0v) is 24.8. The van der Waals surface area contributed by atoms with Crippen molar-refractivity contribution >= 4 is 11.8 Å². The van der Waals surface area contributed by atoms with E-state index in [2.05, 4.69) is 61.6 Å². The maximum Gasteiger partial charge on any atom is 0.134 e. The van der Waals surface area contributed by atoms with Gasteiger partial charge in [-0.1, -0.05) is 72.6 Å². The van der Waals surface area contributed by atoms with Gasteiger partial charge >= 0.3 is 0 Å². The molecule has 0 unspecified atom stereocenters. The molecular formula is C31H54O2S. The van der Waals surface area contributed by atoms with Gasteiger partial charge in [0.15, 0.2) is 0 Å². The third-order valence-corrected chi connectivity index (χ3v) is 8.51. The first-order chi connectivity index (χ1) is 16.1. The summed E-state index contributed by atoms with van der Waals surface area (Å²) in [4.78, 5) is 0. The highest BCUT2D eigenvalue weighted by molar-refractivity contribution is 7.98. The zero-order chi connectivity index (χ0) is 25.3. The van der Waals surface area contributed by atoms with Crippen molar-refractivity contribution in [3.8, 4) is 11.5 Å². The summed E-state index contributed by atoms with van der Waals surface area (Å²) in [6, 6.07) is 0. The predicted octanol–water partition coefficient (Wildman–Crippen LogP) is 9.83. The van der Waals surface area contributed by atoms with Gasteiger partial charge in [0.2, 0.25) is 0 Å². The van der Waals surface area contributed by atoms with Crippen molar-refractivity contribution in [1.29, 1.82) is 0 Å². The van der Waals surface area contributed by atoms with Gasteiger partial charge in [-0.15, -0.1) is 11.8 Å². The minimum Gasteiger partial charge on any atom is -0.487 e. The maximum absolute atomic E-state index is 6.76. The van der Waals surface area contributed by atoms with E-state index in [-0.39, 0.29) is 5.60 Å². The molecule has 1 aliphatic heterocycles. The molecule has 1 heterocycles. The third kappa shape index (κ3) is 8.68. The Morgan fingerprint density at radius 2 is 1.44 bits per heavy atom. The third-order valence-electron chi connectivity index (χ3n) is 8.16. The van der Waals surface area contributed by atoms with Crippen LogP contribution in [-0.2, 0) is 6.42 Å². The first-order valence-corrected chi connectivity index (χ1v) is 15.4. The van der Waals surface area contributed by atoms with Crippen LogP contribution < -0.4 is 9.47 Å². The van der Waals surface area contributed by atoms with Gasteiger partial charge in [0.25, 0.3) is 0 Å². The fraction of sp³-hybridized carbons (Fsp3) is 0.806. The molecule has 0 aliphatic carbocycles. The number of rotatable bonds is 15. The Balaban J connectivity index is 1.80. The Hall–Kier alpha value is -0.830. The lowest BCUT2D eigenvalue weighted by Gasteiger charge is -2.38. The highest BCUT2D eigenvalue weighted by Gasteiger charge is 2.34. The average molecular weight is 491 g/mol. The van der Waals surface area contributed by atoms with Crippen molar-refractivity contribution in [1.82, 2.24) is 0 Å². The van der Waals surface area contributed by atoms with Gasteiger partial charge in [0.1, 0.15) is 23.0 Å². The highest BCUT2D eigenvalue weighted by atomic mass is 32.2. The lowest BCUT2D eigenvalue weighted by atomic mass is 9.83. The van der Waals surface area contributed by atoms with E-state index in [4.69, 9.17) is 9.47 Å². The summed E-state index contributed by atoms with van der Waals surface area (Å²) >= 11 is 1.72. The summed E-state index contributed by atoms with van der Waals surface area (Å²) < 4.78 is 12.8. The van der Waals surface area contributed by atoms with E-state index < -0.39 is 0 Å². The zero-order valence-electron chi connectivity index (χ0n) is 23.9. The maximum atomic E-state index is 6.76. The summed E-state index contributed by atoms with van der Waals surface area (Å²) in [7, 11) is 0. The Morgan fingerprint density at radius 3 is 2.03 bits per heavy atom. The number of ether oxygens (including phenoxy) is 2. The summed E-state index contributed by atoms with van der Waals surface area (Å²) in [5.74, 6) is 5.48. The first-order valence-electron chi connectivity index (χ1n) is 14.0. The van der Waals surface area contributed by atoms with Gasteiger partial charge in [-0.25, -0.2) is 0 Å². The Kier molecular flexibility index (Phi) is 12.1. The van der Waals surface area contributed by atoms with Crippen molar-refractivity contribution in [3.63, 3.8) is 0 Å². The summed E-state index contributed by atoms with van der Waals surface area (Å²) in [6.07, 6.45) is 16.4. The molecule has 0 saturated heterocycles. The van der Waals surface area contributed by atoms with Gasteiger partial charge in [0.05, 0.1) is 0 Å². The molecular weight excluding hydrogens is 436 g/mol. The lowest BCUT2D eigenvalue weighted by Crippen LogP contribution is -2.37. The van der Waals surface area contributed by atoms with Crippen molar-refractivity contribution in [2.75, 3.05) is 12.2 Å². The summed E-state index contributed by atoms with van der Waals surface area (Å²) in [5.41, 5.74) is 5.11. The van der Waals surface area contributed by atoms with Crippen LogP contribution in [0.5, 0.6) is 11.5 Å². The fourth-order valence-corrected chi connectivity index (χ4v) is 5.83. The monoisotopic (exact) mass is 490 g/mol. The highest BCUT2D eigenvalue weighted by Crippen LogP contribution is 2.45. The molecule has 0 aromatic heterocycles. The van der Waals surface area contributed by atoms with Crippen LogP contribution in [0, 0.1) is 38.5 Å². The van der Waals surface area contributed by atoms with Gasteiger partial charge in [-0.05, 0) is 94.1 Å². The first kappa shape index (κ1) is 29.4. The van der Waals surface area contributed by atoms with Crippen LogP contribution in [0.25, 0.3) is 0 Å². The van der Waals surface area contributed by atoms with E-state index in [1.807, 2.05) is 0 Å². The van der Waals surface area contributed by atoms with Crippen LogP contribution in [0.1, 0.15) is 121 Å². The van der Waals surface area contributed by atoms with Gasteiger partial charge in [-0.2, -0.15) is 0 Å². The summed E-state index contributed by atoms with van der Waals surface area (Å²) in [5, 5.41) is 0. The molecule has 0 N–H and O–H groups in total. The van der Waals surface area contributed by atoms with Gasteiger partial charge < -0.3 is 9.47 Å². The number of benzene rings is 1. The molecule has 0 amide bonds. The largest absolute Gasteiger partial charge is 0.487 e. The van der Waals surface area contributed by atoms with Crippen LogP contribution >= 0.6 is 11.8 Å². The van der Waals surface area contributed by atoms with E-state index in [9.17, 15) is 0 Å². The standard InChI is InChI=1S/C31H54O2S/c1-22(2)13-10-14-23(3)15-11-16-24(4)17-12-19-31(8)20-18-28-27(7)29(32-21-34-9)25(5)26(6)30(28)33-31/h22-24H,10-21H2,1-9H3/t23-,24-,31-/m1/s1. The molecule has 2 rings (SSSR count). The molecule has 1 aliphatic rings. The SMILES string of the molecule is CSCOc1c(C)c(C)c2c(c1C)CC[C@@](C)(CCC[C@H](C)CCC[C@H](C)CCCC(C)C)O2. The predicted molar refractivity (Wildman–Crippen MR) is 152 cm³/mol. The summed E-state index contributed by atoms with van der Waals surface area (Å²) in [6.45, 7) is 18.5. The molecule has 0 fully saturated rings. The van der Waals surface area contributed by atoms with E-state index in [1.165, 1.54) is 73.6 Å². The fourth-order valence-electron chi connectivity index (χ4n) is 5.59. The second kappa shape index (κ2) is 14.0. The molecule has 1 aromatic rings. The Morgan fingerprint density at radius 1 is 0.853 bits per heavy atom. The number of fused-ring (bicyclic) bond motifs is 1. The Labute approximate surface area is 216 Å². The molecule has 34 heavy (non-hydrogen) atoms. The molecule has 3 heteroatoms. The Bertz CT molecular complexity index is 757. The number of thioether (sulfide) groups is 1. The van der Waals surface area contributed by atoms with Crippen LogP contribution in [-0.4, -0.2) is 17.8 Å². The van der Waals surface area contributed by atoms with Gasteiger partial charge in [0, 0.05) is 5.56 Å². The average Bonchev–Trinajstić information content (AvgIpc) is 2.77. The second-order valence-corrected chi connectivity index (χ2v) is 12.8. The quantitative estimate of drug-likeness (QED) is 0.228. The van der Waals surface area contributed by atoms with E-state index in [1.54, 1.807) is 11.8 Å². The number of hydrogen-bond donors (Lipinski definition) is 0. The minimum atomic E-state index is -0.0388. The van der Waals surface area contributed by atoms with Gasteiger partial charge in [-0.3, -0.25) is 0 Å². The van der Waals surface area contributed by atoms with Crippen molar-refractivity contribution < 1.29 is 9.47 Å². The van der Waals surface area contributed by atoms with E-state index >= 15 is 0 Å². The second-order valence-electron chi connectivity index (χ2n) is 12.0. The van der Waals surface area contributed by atoms with Crippen molar-refractivity contribution in [3.05, 3.63) is 22.3 Å². The molecule has 0 bridgehead atoms. The van der Waals surface area contributed by atoms with Crippen LogP contribution in [0.3, 0.4) is 0 Å². The van der Waals surface area contributed by atoms with E-state index in [0.29, 0.717) is 5.94 Å². The molecule has 2 nitrogen and oxygen atoms in total. The topological polar surface area (TPSA) is 18.5 Å². The molecule has 0 spiro atoms. The van der Waals surface area contributed by atoms with E-state index in [0.717, 1.165) is 48.5 Å². The normalized spacial score (nSPS) is 19.6. The van der Waals surface area contributed by atoms with Crippen LogP contribution in [0.2, 0.25) is 0 Å². The lowest BCUT2D eigenvalue weighted by molar-refractivity contribution is 0.0511. The minimum absolute atomic E-state index is 0.0388. The molecule has 0 saturated carbocycles. The molecule has 0 radical (unpaired) electrons. The van der Waals surface area contributed by atoms with Crippen molar-refractivity contribution in [2.24, 2.45) is 17.8 Å². The molecule has 1 aromatic carbocycles. The molecule has 196 valence electrons.